The summed E-state index contributed by atoms with van der Waals surface area (Å²) >= 11 is 7.92. The second-order valence-corrected chi connectivity index (χ2v) is 6.26. The molecule has 0 saturated carbocycles. The molecule has 2 heterocycles. The highest BCUT2D eigenvalue weighted by atomic mass is 35.5. The number of carboxylic acid groups (broad SMARTS) is 1. The number of carboxylic acids is 1. The molecule has 1 aliphatic heterocycles. The largest absolute Gasteiger partial charge is 0.480 e. The van der Waals surface area contributed by atoms with Crippen LogP contribution in [-0.4, -0.2) is 28.0 Å². The number of fused-ring (bicyclic) bond motifs is 1. The molecule has 4 nitrogen and oxygen atoms in total. The minimum absolute atomic E-state index is 0. The van der Waals surface area contributed by atoms with E-state index in [-0.39, 0.29) is 17.9 Å². The summed E-state index contributed by atoms with van der Waals surface area (Å²) in [6.07, 6.45) is 0.904. The smallest absolute Gasteiger partial charge is 0.325 e. The minimum Gasteiger partial charge on any atom is -0.480 e. The Kier molecular flexibility index (Phi) is 6.84. The van der Waals surface area contributed by atoms with Crippen LogP contribution in [0.1, 0.15) is 22.0 Å². The number of benzene rings is 1. The Hall–Kier alpha value is -1.11. The lowest BCUT2D eigenvalue weighted by Gasteiger charge is -2.32. The van der Waals surface area contributed by atoms with Crippen LogP contribution in [0.4, 0.5) is 0 Å². The Morgan fingerprint density at radius 2 is 2.05 bits per heavy atom. The lowest BCUT2D eigenvalue weighted by Crippen LogP contribution is -2.37. The monoisotopic (exact) mass is 361 g/mol. The van der Waals surface area contributed by atoms with Crippen LogP contribution in [-0.2, 0) is 17.8 Å². The average Bonchev–Trinajstić information content (AvgIpc) is 2.88. The van der Waals surface area contributed by atoms with Crippen molar-refractivity contribution in [1.82, 2.24) is 4.90 Å². The molecule has 1 unspecified atom stereocenters. The molecule has 0 saturated heterocycles. The number of nitrogens with zero attached hydrogens (tertiary/aromatic N) is 1. The maximum atomic E-state index is 11.7. The van der Waals surface area contributed by atoms with E-state index in [1.807, 2.05) is 17.0 Å². The summed E-state index contributed by atoms with van der Waals surface area (Å²) in [6.45, 7) is 1.41. The highest BCUT2D eigenvalue weighted by Gasteiger charge is 2.31. The highest BCUT2D eigenvalue weighted by Crippen LogP contribution is 2.33. The molecule has 2 aromatic rings. The summed E-state index contributed by atoms with van der Waals surface area (Å²) in [4.78, 5) is 15.1. The van der Waals surface area contributed by atoms with Crippen LogP contribution >= 0.6 is 35.3 Å². The normalized spacial score (nSPS) is 15.1. The molecule has 1 aromatic carbocycles. The van der Waals surface area contributed by atoms with E-state index >= 15 is 0 Å². The van der Waals surface area contributed by atoms with Gasteiger partial charge in [0, 0.05) is 23.0 Å². The zero-order valence-corrected chi connectivity index (χ0v) is 14.0. The number of rotatable bonds is 3. The molecule has 1 atom stereocenters. The van der Waals surface area contributed by atoms with Crippen LogP contribution in [0.25, 0.3) is 0 Å². The quantitative estimate of drug-likeness (QED) is 0.912. The molecule has 1 aliphatic rings. The summed E-state index contributed by atoms with van der Waals surface area (Å²) in [7, 11) is 0. The zero-order chi connectivity index (χ0) is 14.1. The van der Waals surface area contributed by atoms with E-state index in [4.69, 9.17) is 11.6 Å². The Bertz CT molecular complexity index is 647. The highest BCUT2D eigenvalue weighted by molar-refractivity contribution is 7.10. The van der Waals surface area contributed by atoms with Gasteiger partial charge in [-0.1, -0.05) is 29.8 Å². The van der Waals surface area contributed by atoms with Crippen molar-refractivity contribution in [3.63, 3.8) is 0 Å². The van der Waals surface area contributed by atoms with Gasteiger partial charge in [0.25, 0.3) is 0 Å². The van der Waals surface area contributed by atoms with Crippen LogP contribution in [0.3, 0.4) is 0 Å². The molecule has 0 aliphatic carbocycles. The summed E-state index contributed by atoms with van der Waals surface area (Å²) in [5.41, 5.74) is 1.90. The van der Waals surface area contributed by atoms with Gasteiger partial charge in [-0.15, -0.1) is 23.7 Å². The molecule has 3 rings (SSSR count). The molecule has 120 valence electrons. The summed E-state index contributed by atoms with van der Waals surface area (Å²) in [5.74, 6) is -0.850. The Labute approximate surface area is 144 Å². The van der Waals surface area contributed by atoms with Crippen molar-refractivity contribution in [2.45, 2.75) is 19.0 Å². The van der Waals surface area contributed by atoms with Gasteiger partial charge in [-0.05, 0) is 35.1 Å². The predicted octanol–water partition coefficient (Wildman–Crippen LogP) is 3.18. The molecule has 1 aromatic heterocycles. The van der Waals surface area contributed by atoms with Crippen molar-refractivity contribution in [2.24, 2.45) is 0 Å². The van der Waals surface area contributed by atoms with E-state index in [0.717, 1.165) is 13.0 Å². The van der Waals surface area contributed by atoms with Crippen LogP contribution in [0.15, 0.2) is 35.7 Å². The maximum absolute atomic E-state index is 11.7. The van der Waals surface area contributed by atoms with E-state index in [0.29, 0.717) is 17.1 Å². The zero-order valence-electron chi connectivity index (χ0n) is 11.7. The van der Waals surface area contributed by atoms with Crippen molar-refractivity contribution in [2.75, 3.05) is 6.54 Å². The molecule has 22 heavy (non-hydrogen) atoms. The summed E-state index contributed by atoms with van der Waals surface area (Å²) in [6, 6.07) is 8.58. The topological polar surface area (TPSA) is 72.0 Å². The second-order valence-electron chi connectivity index (χ2n) is 4.85. The molecule has 0 radical (unpaired) electrons. The van der Waals surface area contributed by atoms with Crippen LogP contribution in [0, 0.1) is 0 Å². The number of aliphatic carboxylic acids is 1. The third-order valence-electron chi connectivity index (χ3n) is 3.64. The van der Waals surface area contributed by atoms with Crippen LogP contribution < -0.4 is 0 Å². The third kappa shape index (κ3) is 3.62. The molecule has 0 bridgehead atoms. The number of hydrogen-bond acceptors (Lipinski definition) is 3. The van der Waals surface area contributed by atoms with Gasteiger partial charge in [-0.3, -0.25) is 9.69 Å². The summed E-state index contributed by atoms with van der Waals surface area (Å²) in [5, 5.41) is 12.2. The first-order valence-electron chi connectivity index (χ1n) is 6.43. The van der Waals surface area contributed by atoms with Gasteiger partial charge in [-0.2, -0.15) is 0 Å². The Balaban J connectivity index is 0.00000121. The molecule has 0 amide bonds. The lowest BCUT2D eigenvalue weighted by molar-refractivity contribution is -0.144. The van der Waals surface area contributed by atoms with E-state index in [2.05, 4.69) is 11.4 Å². The van der Waals surface area contributed by atoms with Crippen molar-refractivity contribution in [1.29, 1.82) is 0 Å². The first kappa shape index (κ1) is 18.9. The molecule has 0 fully saturated rings. The number of thiophene rings is 1. The van der Waals surface area contributed by atoms with Crippen LogP contribution in [0.5, 0.6) is 0 Å². The fraction of sp³-hybridized carbons (Fsp3) is 0.267. The van der Waals surface area contributed by atoms with Gasteiger partial charge in [-0.25, -0.2) is 0 Å². The Morgan fingerprint density at radius 3 is 2.73 bits per heavy atom. The standard InChI is InChI=1S/C15H14ClNO2S.ClH.H2O/c16-12-4-2-1-3-11(12)14(15(18)19)17-7-5-13-10(9-17)6-8-20-13;;/h1-4,6,8,14H,5,7,9H2,(H,18,19);1H;1H2. The SMILES string of the molecule is Cl.O.O=C(O)C(c1ccccc1Cl)N1CCc2sccc2C1. The van der Waals surface area contributed by atoms with Crippen molar-refractivity contribution < 1.29 is 15.4 Å². The van der Waals surface area contributed by atoms with Gasteiger partial charge in [0.1, 0.15) is 6.04 Å². The third-order valence-corrected chi connectivity index (χ3v) is 5.00. The molecule has 3 N–H and O–H groups in total. The van der Waals surface area contributed by atoms with Gasteiger partial charge in [0.05, 0.1) is 0 Å². The maximum Gasteiger partial charge on any atom is 0.325 e. The minimum atomic E-state index is -0.850. The second kappa shape index (κ2) is 7.94. The van der Waals surface area contributed by atoms with E-state index < -0.39 is 12.0 Å². The van der Waals surface area contributed by atoms with Crippen molar-refractivity contribution >= 4 is 41.3 Å². The number of hydrogen-bond donors (Lipinski definition) is 1. The van der Waals surface area contributed by atoms with Crippen LogP contribution in [0.2, 0.25) is 5.02 Å². The molecular weight excluding hydrogens is 345 g/mol. The lowest BCUT2D eigenvalue weighted by atomic mass is 10.0. The van der Waals surface area contributed by atoms with Gasteiger partial charge >= 0.3 is 5.97 Å². The Morgan fingerprint density at radius 1 is 1.32 bits per heavy atom. The fourth-order valence-corrected chi connectivity index (χ4v) is 3.80. The van der Waals surface area contributed by atoms with E-state index in [9.17, 15) is 9.90 Å². The fourth-order valence-electron chi connectivity index (χ4n) is 2.67. The van der Waals surface area contributed by atoms with Gasteiger partial charge in [0.15, 0.2) is 0 Å². The molecule has 7 heteroatoms. The van der Waals surface area contributed by atoms with E-state index in [1.54, 1.807) is 23.5 Å². The predicted molar refractivity (Wildman–Crippen MR) is 91.1 cm³/mol. The first-order valence-corrected chi connectivity index (χ1v) is 7.69. The number of carbonyl (C=O) groups is 1. The average molecular weight is 362 g/mol. The first-order chi connectivity index (χ1) is 9.66. The molecule has 0 spiro atoms. The van der Waals surface area contributed by atoms with Gasteiger partial charge < -0.3 is 10.6 Å². The van der Waals surface area contributed by atoms with Crippen molar-refractivity contribution in [3.8, 4) is 0 Å². The van der Waals surface area contributed by atoms with Gasteiger partial charge in [0.2, 0.25) is 0 Å². The van der Waals surface area contributed by atoms with E-state index in [1.165, 1.54) is 10.4 Å². The summed E-state index contributed by atoms with van der Waals surface area (Å²) < 4.78 is 0. The molecular formula is C15H17Cl2NO3S. The van der Waals surface area contributed by atoms with Crippen molar-refractivity contribution in [3.05, 3.63) is 56.7 Å². The number of halogens is 2.